The van der Waals surface area contributed by atoms with E-state index in [1.807, 2.05) is 0 Å². The second-order valence-corrected chi connectivity index (χ2v) is 7.33. The van der Waals surface area contributed by atoms with E-state index < -0.39 is 10.0 Å². The van der Waals surface area contributed by atoms with E-state index in [1.54, 1.807) is 11.4 Å². The van der Waals surface area contributed by atoms with E-state index >= 15 is 0 Å². The van der Waals surface area contributed by atoms with Crippen LogP contribution >= 0.6 is 0 Å². The molecule has 6 nitrogen and oxygen atoms in total. The van der Waals surface area contributed by atoms with Crippen molar-refractivity contribution in [2.75, 3.05) is 45.8 Å². The smallest absolute Gasteiger partial charge is 0.216 e. The van der Waals surface area contributed by atoms with E-state index in [9.17, 15) is 8.42 Å². The lowest BCUT2D eigenvalue weighted by Crippen LogP contribution is -2.55. The van der Waals surface area contributed by atoms with E-state index in [2.05, 4.69) is 0 Å². The van der Waals surface area contributed by atoms with Gasteiger partial charge < -0.3 is 14.2 Å². The number of rotatable bonds is 7. The third kappa shape index (κ3) is 4.14. The number of sulfonamides is 1. The van der Waals surface area contributed by atoms with Crippen LogP contribution in [0.4, 0.5) is 0 Å². The fourth-order valence-electron chi connectivity index (χ4n) is 2.93. The predicted octanol–water partition coefficient (Wildman–Crippen LogP) is 0.623. The van der Waals surface area contributed by atoms with Crippen molar-refractivity contribution in [1.82, 2.24) is 4.31 Å². The van der Waals surface area contributed by atoms with Crippen LogP contribution in [0.2, 0.25) is 0 Å². The molecule has 0 bridgehead atoms. The van der Waals surface area contributed by atoms with Gasteiger partial charge in [-0.25, -0.2) is 8.42 Å². The first-order valence-electron chi connectivity index (χ1n) is 7.33. The Morgan fingerprint density at radius 2 is 2.00 bits per heavy atom. The normalized spacial score (nSPS) is 28.2. The maximum atomic E-state index is 12.4. The lowest BCUT2D eigenvalue weighted by atomic mass is 9.91. The fraction of sp³-hybridized carbons (Fsp3) is 1.00. The van der Waals surface area contributed by atoms with Crippen LogP contribution in [-0.4, -0.2) is 70.7 Å². The van der Waals surface area contributed by atoms with Crippen LogP contribution in [-0.2, 0) is 24.2 Å². The van der Waals surface area contributed by atoms with Crippen LogP contribution in [0.3, 0.4) is 0 Å². The summed E-state index contributed by atoms with van der Waals surface area (Å²) in [6, 6.07) is 0.0291. The van der Waals surface area contributed by atoms with E-state index in [0.717, 1.165) is 25.7 Å². The predicted molar refractivity (Wildman–Crippen MR) is 75.2 cm³/mol. The van der Waals surface area contributed by atoms with Gasteiger partial charge in [0.2, 0.25) is 10.0 Å². The van der Waals surface area contributed by atoms with E-state index in [4.69, 9.17) is 14.2 Å². The molecule has 0 aromatic heterocycles. The van der Waals surface area contributed by atoms with Gasteiger partial charge in [0.15, 0.2) is 0 Å². The van der Waals surface area contributed by atoms with Gasteiger partial charge in [0, 0.05) is 13.7 Å². The average molecular weight is 307 g/mol. The van der Waals surface area contributed by atoms with Crippen LogP contribution in [0.1, 0.15) is 25.7 Å². The van der Waals surface area contributed by atoms with Gasteiger partial charge in [-0.2, -0.15) is 4.31 Å². The molecule has 7 heteroatoms. The van der Waals surface area contributed by atoms with Crippen molar-refractivity contribution in [3.8, 4) is 0 Å². The van der Waals surface area contributed by atoms with E-state index in [0.29, 0.717) is 26.4 Å². The molecule has 0 aromatic carbocycles. The van der Waals surface area contributed by atoms with E-state index in [1.165, 1.54) is 0 Å². The van der Waals surface area contributed by atoms with Gasteiger partial charge in [0.1, 0.15) is 0 Å². The van der Waals surface area contributed by atoms with Crippen LogP contribution in [0.15, 0.2) is 0 Å². The van der Waals surface area contributed by atoms with Crippen molar-refractivity contribution >= 4 is 10.0 Å². The maximum absolute atomic E-state index is 12.4. The molecule has 0 amide bonds. The molecular weight excluding hydrogens is 282 g/mol. The van der Waals surface area contributed by atoms with Gasteiger partial charge in [0.05, 0.1) is 44.3 Å². The minimum Gasteiger partial charge on any atom is -0.382 e. The third-order valence-corrected chi connectivity index (χ3v) is 5.81. The monoisotopic (exact) mass is 307 g/mol. The van der Waals surface area contributed by atoms with Crippen LogP contribution in [0.25, 0.3) is 0 Å². The Kier molecular flexibility index (Phi) is 6.22. The van der Waals surface area contributed by atoms with Gasteiger partial charge in [0.25, 0.3) is 0 Å². The molecule has 1 heterocycles. The number of hydrogen-bond donors (Lipinski definition) is 0. The highest BCUT2D eigenvalue weighted by Gasteiger charge is 2.39. The van der Waals surface area contributed by atoms with Gasteiger partial charge in [-0.1, -0.05) is 12.8 Å². The van der Waals surface area contributed by atoms with Crippen molar-refractivity contribution in [1.29, 1.82) is 0 Å². The first-order valence-corrected chi connectivity index (χ1v) is 8.94. The summed E-state index contributed by atoms with van der Waals surface area (Å²) in [5.74, 6) is 0.0416. The molecule has 1 saturated carbocycles. The van der Waals surface area contributed by atoms with Crippen molar-refractivity contribution in [3.05, 3.63) is 0 Å². The standard InChI is InChI=1S/C13H25NO5S/c1-17-8-9-18-10-11-20(15,16)14-6-7-19-13-5-3-2-4-12(13)14/h12-13H,2-11H2,1H3. The first kappa shape index (κ1) is 16.2. The molecule has 2 atom stereocenters. The molecule has 1 aliphatic carbocycles. The Balaban J connectivity index is 1.87. The zero-order valence-corrected chi connectivity index (χ0v) is 12.9. The summed E-state index contributed by atoms with van der Waals surface area (Å²) in [6.45, 7) is 2.12. The second-order valence-electron chi connectivity index (χ2n) is 5.29. The van der Waals surface area contributed by atoms with Gasteiger partial charge in [-0.05, 0) is 12.8 Å². The Bertz CT molecular complexity index is 384. The molecule has 118 valence electrons. The number of morpholine rings is 1. The van der Waals surface area contributed by atoms with Crippen molar-refractivity contribution in [2.45, 2.75) is 37.8 Å². The molecule has 0 N–H and O–H groups in total. The summed E-state index contributed by atoms with van der Waals surface area (Å²) in [7, 11) is -1.66. The molecular formula is C13H25NO5S. The largest absolute Gasteiger partial charge is 0.382 e. The number of methoxy groups -OCH3 is 1. The number of ether oxygens (including phenoxy) is 3. The summed E-state index contributed by atoms with van der Waals surface area (Å²) < 4.78 is 42.4. The minimum atomic E-state index is -3.25. The zero-order chi connectivity index (χ0) is 14.4. The highest BCUT2D eigenvalue weighted by Crippen LogP contribution is 2.30. The Hall–Kier alpha value is -0.210. The van der Waals surface area contributed by atoms with Crippen LogP contribution < -0.4 is 0 Å². The quantitative estimate of drug-likeness (QED) is 0.645. The van der Waals surface area contributed by atoms with Crippen molar-refractivity contribution in [2.24, 2.45) is 0 Å². The topological polar surface area (TPSA) is 65.1 Å². The maximum Gasteiger partial charge on any atom is 0.216 e. The number of nitrogens with zero attached hydrogens (tertiary/aromatic N) is 1. The Morgan fingerprint density at radius 1 is 1.20 bits per heavy atom. The lowest BCUT2D eigenvalue weighted by molar-refractivity contribution is -0.0587. The molecule has 1 saturated heterocycles. The molecule has 2 unspecified atom stereocenters. The molecule has 2 aliphatic rings. The molecule has 2 fully saturated rings. The van der Waals surface area contributed by atoms with Crippen LogP contribution in [0, 0.1) is 0 Å². The summed E-state index contributed by atoms with van der Waals surface area (Å²) in [5.41, 5.74) is 0. The second kappa shape index (κ2) is 7.70. The lowest BCUT2D eigenvalue weighted by Gasteiger charge is -2.42. The highest BCUT2D eigenvalue weighted by atomic mass is 32.2. The molecule has 1 aliphatic heterocycles. The Labute approximate surface area is 121 Å². The summed E-state index contributed by atoms with van der Waals surface area (Å²) in [5, 5.41) is 0. The van der Waals surface area contributed by atoms with Crippen molar-refractivity contribution in [3.63, 3.8) is 0 Å². The van der Waals surface area contributed by atoms with Gasteiger partial charge in [-0.15, -0.1) is 0 Å². The average Bonchev–Trinajstić information content (AvgIpc) is 2.46. The minimum absolute atomic E-state index is 0.0291. The molecule has 0 radical (unpaired) electrons. The molecule has 0 spiro atoms. The van der Waals surface area contributed by atoms with Crippen molar-refractivity contribution < 1.29 is 22.6 Å². The highest BCUT2D eigenvalue weighted by molar-refractivity contribution is 7.89. The Morgan fingerprint density at radius 3 is 2.80 bits per heavy atom. The third-order valence-electron chi connectivity index (χ3n) is 3.96. The van der Waals surface area contributed by atoms with Crippen LogP contribution in [0.5, 0.6) is 0 Å². The zero-order valence-electron chi connectivity index (χ0n) is 12.1. The van der Waals surface area contributed by atoms with Gasteiger partial charge in [-0.3, -0.25) is 0 Å². The first-order chi connectivity index (χ1) is 9.65. The summed E-state index contributed by atoms with van der Waals surface area (Å²) >= 11 is 0. The molecule has 0 aromatic rings. The molecule has 20 heavy (non-hydrogen) atoms. The van der Waals surface area contributed by atoms with E-state index in [-0.39, 0.29) is 24.5 Å². The summed E-state index contributed by atoms with van der Waals surface area (Å²) in [6.07, 6.45) is 4.19. The SMILES string of the molecule is COCCOCCS(=O)(=O)N1CCOC2CCCCC21. The summed E-state index contributed by atoms with van der Waals surface area (Å²) in [4.78, 5) is 0. The molecule has 2 rings (SSSR count). The number of fused-ring (bicyclic) bond motifs is 1. The number of hydrogen-bond acceptors (Lipinski definition) is 5. The van der Waals surface area contributed by atoms with Gasteiger partial charge >= 0.3 is 0 Å². The fourth-order valence-corrected chi connectivity index (χ4v) is 4.50.